The van der Waals surface area contributed by atoms with Gasteiger partial charge in [-0.05, 0) is 12.0 Å². The van der Waals surface area contributed by atoms with Gasteiger partial charge in [0.05, 0.1) is 11.7 Å². The maximum Gasteiger partial charge on any atom is 0.127 e. The van der Waals surface area contributed by atoms with Crippen LogP contribution in [0.25, 0.3) is 10.6 Å². The quantitative estimate of drug-likeness (QED) is 0.752. The van der Waals surface area contributed by atoms with Crippen LogP contribution >= 0.6 is 11.3 Å². The van der Waals surface area contributed by atoms with Crippen LogP contribution in [0.3, 0.4) is 0 Å². The first kappa shape index (κ1) is 17.4. The summed E-state index contributed by atoms with van der Waals surface area (Å²) in [6, 6.07) is 9.05. The first-order chi connectivity index (χ1) is 12.7. The van der Waals surface area contributed by atoms with E-state index < -0.39 is 0 Å². The second-order valence-electron chi connectivity index (χ2n) is 6.78. The lowest BCUT2D eigenvalue weighted by Crippen LogP contribution is -2.46. The van der Waals surface area contributed by atoms with Crippen LogP contribution in [0, 0.1) is 0 Å². The van der Waals surface area contributed by atoms with Crippen molar-refractivity contribution in [2.24, 2.45) is 7.05 Å². The fourth-order valence-corrected chi connectivity index (χ4v) is 4.31. The third kappa shape index (κ3) is 3.58. The fourth-order valence-electron chi connectivity index (χ4n) is 3.49. The molecule has 1 aliphatic rings. The minimum Gasteiger partial charge on any atom is -0.337 e. The predicted octanol–water partition coefficient (Wildman–Crippen LogP) is 3.25. The number of imidazole rings is 1. The number of aromatic nitrogens is 3. The van der Waals surface area contributed by atoms with Crippen LogP contribution in [0.5, 0.6) is 0 Å². The monoisotopic (exact) mass is 367 g/mol. The molecular formula is C20H25N5S. The molecule has 1 atom stereocenters. The zero-order valence-electron chi connectivity index (χ0n) is 15.4. The molecule has 3 heterocycles. The molecular weight excluding hydrogens is 342 g/mol. The molecule has 0 bridgehead atoms. The standard InChI is InChI=1S/C20H25N5S/c1-3-15-4-6-16(7-5-15)20-23-17(14-26-20)13-25-11-8-21-12-18(25)19-22-9-10-24(19)2/h4-7,9-10,14,18,21H,3,8,11-13H2,1-2H3. The van der Waals surface area contributed by atoms with Crippen LogP contribution in [0.1, 0.15) is 30.0 Å². The molecule has 2 aromatic heterocycles. The van der Waals surface area contributed by atoms with Gasteiger partial charge < -0.3 is 9.88 Å². The smallest absolute Gasteiger partial charge is 0.127 e. The van der Waals surface area contributed by atoms with Crippen LogP contribution in [0.4, 0.5) is 0 Å². The van der Waals surface area contributed by atoms with Crippen molar-refractivity contribution in [2.75, 3.05) is 19.6 Å². The number of aryl methyl sites for hydroxylation is 2. The molecule has 5 nitrogen and oxygen atoms in total. The molecule has 26 heavy (non-hydrogen) atoms. The highest BCUT2D eigenvalue weighted by atomic mass is 32.1. The zero-order chi connectivity index (χ0) is 17.9. The summed E-state index contributed by atoms with van der Waals surface area (Å²) < 4.78 is 2.12. The Morgan fingerprint density at radius 2 is 2.12 bits per heavy atom. The van der Waals surface area contributed by atoms with Crippen molar-refractivity contribution in [3.63, 3.8) is 0 Å². The van der Waals surface area contributed by atoms with Crippen LogP contribution in [0.15, 0.2) is 42.0 Å². The summed E-state index contributed by atoms with van der Waals surface area (Å²) in [5, 5.41) is 6.79. The number of nitrogens with one attached hydrogen (secondary N) is 1. The zero-order valence-corrected chi connectivity index (χ0v) is 16.2. The van der Waals surface area contributed by atoms with Crippen LogP contribution in [0.2, 0.25) is 0 Å². The van der Waals surface area contributed by atoms with E-state index in [1.807, 2.05) is 12.4 Å². The molecule has 1 aliphatic heterocycles. The highest BCUT2D eigenvalue weighted by Gasteiger charge is 2.27. The molecule has 6 heteroatoms. The summed E-state index contributed by atoms with van der Waals surface area (Å²) in [7, 11) is 2.07. The Kier molecular flexibility index (Phi) is 5.15. The van der Waals surface area contributed by atoms with Crippen molar-refractivity contribution in [3.8, 4) is 10.6 Å². The van der Waals surface area contributed by atoms with Gasteiger partial charge in [0.1, 0.15) is 10.8 Å². The molecule has 3 aromatic rings. The summed E-state index contributed by atoms with van der Waals surface area (Å²) in [6.07, 6.45) is 4.97. The van der Waals surface area contributed by atoms with Gasteiger partial charge in [0.15, 0.2) is 0 Å². The minimum atomic E-state index is 0.290. The van der Waals surface area contributed by atoms with Crippen molar-refractivity contribution < 1.29 is 0 Å². The summed E-state index contributed by atoms with van der Waals surface area (Å²) >= 11 is 1.73. The Morgan fingerprint density at radius 1 is 1.27 bits per heavy atom. The Labute approximate surface area is 158 Å². The molecule has 1 aromatic carbocycles. The summed E-state index contributed by atoms with van der Waals surface area (Å²) in [6.45, 7) is 6.00. The van der Waals surface area contributed by atoms with Gasteiger partial charge in [-0.2, -0.15) is 0 Å². The van der Waals surface area contributed by atoms with Gasteiger partial charge in [0.25, 0.3) is 0 Å². The maximum atomic E-state index is 4.90. The fraction of sp³-hybridized carbons (Fsp3) is 0.400. The summed E-state index contributed by atoms with van der Waals surface area (Å²) in [5.74, 6) is 1.11. The highest BCUT2D eigenvalue weighted by Crippen LogP contribution is 2.27. The van der Waals surface area contributed by atoms with E-state index in [0.717, 1.165) is 49.1 Å². The predicted molar refractivity (Wildman–Crippen MR) is 106 cm³/mol. The molecule has 0 radical (unpaired) electrons. The van der Waals surface area contributed by atoms with E-state index in [1.54, 1.807) is 11.3 Å². The van der Waals surface area contributed by atoms with Crippen LogP contribution in [-0.2, 0) is 20.0 Å². The molecule has 4 rings (SSSR count). The van der Waals surface area contributed by atoms with Crippen molar-refractivity contribution in [1.29, 1.82) is 0 Å². The number of hydrogen-bond acceptors (Lipinski definition) is 5. The second kappa shape index (κ2) is 7.70. The number of nitrogens with zero attached hydrogens (tertiary/aromatic N) is 4. The van der Waals surface area contributed by atoms with E-state index in [-0.39, 0.29) is 6.04 Å². The Bertz CT molecular complexity index is 851. The molecule has 1 N–H and O–H groups in total. The van der Waals surface area contributed by atoms with Crippen LogP contribution < -0.4 is 5.32 Å². The number of piperazine rings is 1. The van der Waals surface area contributed by atoms with Gasteiger partial charge in [-0.15, -0.1) is 11.3 Å². The van der Waals surface area contributed by atoms with Gasteiger partial charge in [0, 0.05) is 56.6 Å². The molecule has 0 amide bonds. The third-order valence-electron chi connectivity index (χ3n) is 5.04. The van der Waals surface area contributed by atoms with E-state index in [2.05, 4.69) is 63.4 Å². The van der Waals surface area contributed by atoms with Gasteiger partial charge in [-0.25, -0.2) is 9.97 Å². The largest absolute Gasteiger partial charge is 0.337 e. The summed E-state index contributed by atoms with van der Waals surface area (Å²) in [5.41, 5.74) is 3.72. The number of hydrogen-bond donors (Lipinski definition) is 1. The maximum absolute atomic E-state index is 4.90. The van der Waals surface area contributed by atoms with Gasteiger partial charge in [-0.3, -0.25) is 4.90 Å². The molecule has 1 unspecified atom stereocenters. The average Bonchev–Trinajstić information content (AvgIpc) is 3.31. The van der Waals surface area contributed by atoms with E-state index in [9.17, 15) is 0 Å². The molecule has 1 fully saturated rings. The lowest BCUT2D eigenvalue weighted by atomic mass is 10.1. The molecule has 0 spiro atoms. The normalized spacial score (nSPS) is 18.3. The van der Waals surface area contributed by atoms with Gasteiger partial charge in [0.2, 0.25) is 0 Å². The number of benzene rings is 1. The first-order valence-electron chi connectivity index (χ1n) is 9.20. The lowest BCUT2D eigenvalue weighted by molar-refractivity contribution is 0.143. The first-order valence-corrected chi connectivity index (χ1v) is 10.1. The Balaban J connectivity index is 1.51. The molecule has 136 valence electrons. The minimum absolute atomic E-state index is 0.290. The van der Waals surface area contributed by atoms with Crippen LogP contribution in [-0.4, -0.2) is 39.1 Å². The van der Waals surface area contributed by atoms with E-state index >= 15 is 0 Å². The van der Waals surface area contributed by atoms with Crippen molar-refractivity contribution in [2.45, 2.75) is 25.9 Å². The van der Waals surface area contributed by atoms with E-state index in [1.165, 1.54) is 11.1 Å². The van der Waals surface area contributed by atoms with Crippen molar-refractivity contribution in [1.82, 2.24) is 24.8 Å². The van der Waals surface area contributed by atoms with E-state index in [0.29, 0.717) is 0 Å². The SMILES string of the molecule is CCc1ccc(-c2nc(CN3CCNCC3c3nccn3C)cs2)cc1. The molecule has 0 saturated carbocycles. The third-order valence-corrected chi connectivity index (χ3v) is 5.98. The van der Waals surface area contributed by atoms with Gasteiger partial charge in [-0.1, -0.05) is 31.2 Å². The number of rotatable bonds is 5. The molecule has 0 aliphatic carbocycles. The second-order valence-corrected chi connectivity index (χ2v) is 7.64. The Morgan fingerprint density at radius 3 is 2.85 bits per heavy atom. The highest BCUT2D eigenvalue weighted by molar-refractivity contribution is 7.13. The van der Waals surface area contributed by atoms with Crippen molar-refractivity contribution >= 4 is 11.3 Å². The average molecular weight is 368 g/mol. The number of thiazole rings is 1. The topological polar surface area (TPSA) is 46.0 Å². The van der Waals surface area contributed by atoms with E-state index in [4.69, 9.17) is 4.98 Å². The van der Waals surface area contributed by atoms with Crippen molar-refractivity contribution in [3.05, 3.63) is 59.1 Å². The summed E-state index contributed by atoms with van der Waals surface area (Å²) in [4.78, 5) is 11.9. The van der Waals surface area contributed by atoms with Gasteiger partial charge >= 0.3 is 0 Å². The molecule has 1 saturated heterocycles. The lowest BCUT2D eigenvalue weighted by Gasteiger charge is -2.35. The Hall–Kier alpha value is -2.02.